The highest BCUT2D eigenvalue weighted by Gasteiger charge is 2.41. The first-order valence-corrected chi connectivity index (χ1v) is 3.41. The van der Waals surface area contributed by atoms with Gasteiger partial charge in [-0.15, -0.1) is 13.2 Å². The summed E-state index contributed by atoms with van der Waals surface area (Å²) < 4.78 is 76.6. The lowest BCUT2D eigenvalue weighted by Crippen LogP contribution is -2.24. The molecule has 0 saturated carbocycles. The fourth-order valence-corrected chi connectivity index (χ4v) is 0.504. The number of halogens is 5. The molecule has 0 aromatic heterocycles. The Hall–Kier alpha value is -0.440. The zero-order chi connectivity index (χ0) is 9.28. The summed E-state index contributed by atoms with van der Waals surface area (Å²) in [6.07, 6.45) is -5.60. The van der Waals surface area contributed by atoms with E-state index in [1.54, 1.807) is 0 Å². The van der Waals surface area contributed by atoms with Crippen LogP contribution in [-0.4, -0.2) is 20.5 Å². The molecule has 11 heavy (non-hydrogen) atoms. The summed E-state index contributed by atoms with van der Waals surface area (Å²) in [7, 11) is -5.81. The van der Waals surface area contributed by atoms with Gasteiger partial charge in [-0.05, 0) is 0 Å². The molecule has 0 atom stereocenters. The van der Waals surface area contributed by atoms with E-state index in [4.69, 9.17) is 0 Å². The van der Waals surface area contributed by atoms with Gasteiger partial charge < -0.3 is 0 Å². The molecule has 0 radical (unpaired) electrons. The van der Waals surface area contributed by atoms with Crippen LogP contribution in [0.1, 0.15) is 0 Å². The first-order chi connectivity index (χ1) is 4.65. The zero-order valence-electron chi connectivity index (χ0n) is 4.60. The highest BCUT2D eigenvalue weighted by Crippen LogP contribution is 2.22. The first-order valence-electron chi connectivity index (χ1n) is 1.94. The standard InChI is InChI=1S/C2HF5O3S/c3-1(4)11(8,9)10-2(5,6)7/h1H. The largest absolute Gasteiger partial charge is 0.537 e. The Morgan fingerprint density at radius 3 is 1.64 bits per heavy atom. The minimum atomic E-state index is -5.81. The maximum atomic E-state index is 11.1. The quantitative estimate of drug-likeness (QED) is 0.494. The van der Waals surface area contributed by atoms with Crippen LogP contribution in [0.3, 0.4) is 0 Å². The van der Waals surface area contributed by atoms with Crippen LogP contribution >= 0.6 is 0 Å². The van der Waals surface area contributed by atoms with Crippen LogP contribution < -0.4 is 0 Å². The van der Waals surface area contributed by atoms with E-state index in [9.17, 15) is 30.4 Å². The van der Waals surface area contributed by atoms with E-state index < -0.39 is 22.2 Å². The van der Waals surface area contributed by atoms with Gasteiger partial charge in [0.05, 0.1) is 0 Å². The highest BCUT2D eigenvalue weighted by molar-refractivity contribution is 7.87. The number of hydrogen-bond acceptors (Lipinski definition) is 3. The molecule has 9 heteroatoms. The van der Waals surface area contributed by atoms with Crippen LogP contribution in [0.2, 0.25) is 0 Å². The van der Waals surface area contributed by atoms with Crippen molar-refractivity contribution in [2.45, 2.75) is 12.1 Å². The highest BCUT2D eigenvalue weighted by atomic mass is 32.2. The van der Waals surface area contributed by atoms with Crippen molar-refractivity contribution in [3.05, 3.63) is 0 Å². The lowest BCUT2D eigenvalue weighted by Gasteiger charge is -2.05. The molecule has 0 aliphatic heterocycles. The van der Waals surface area contributed by atoms with Crippen molar-refractivity contribution in [2.24, 2.45) is 0 Å². The van der Waals surface area contributed by atoms with Crippen LogP contribution in [0, 0.1) is 0 Å². The summed E-state index contributed by atoms with van der Waals surface area (Å²) in [5.74, 6) is -4.19. The molecule has 0 aromatic rings. The second-order valence-electron chi connectivity index (χ2n) is 1.28. The maximum Gasteiger partial charge on any atom is 0.537 e. The number of hydrogen-bond donors (Lipinski definition) is 0. The summed E-state index contributed by atoms with van der Waals surface area (Å²) in [6, 6.07) is 0. The van der Waals surface area contributed by atoms with Crippen molar-refractivity contribution < 1.29 is 34.6 Å². The fraction of sp³-hybridized carbons (Fsp3) is 1.00. The molecular formula is C2HF5O3S. The van der Waals surface area contributed by atoms with E-state index in [1.165, 1.54) is 0 Å². The number of alkyl halides is 5. The summed E-state index contributed by atoms with van der Waals surface area (Å²) in [6.45, 7) is 0. The SMILES string of the molecule is O=S(=O)(OC(F)(F)F)C(F)F. The molecule has 0 rings (SSSR count). The molecular weight excluding hydrogens is 199 g/mol. The molecule has 0 spiro atoms. The van der Waals surface area contributed by atoms with Gasteiger partial charge >= 0.3 is 22.2 Å². The molecule has 0 saturated heterocycles. The zero-order valence-corrected chi connectivity index (χ0v) is 5.42. The molecule has 0 aromatic carbocycles. The Kier molecular flexibility index (Phi) is 2.78. The van der Waals surface area contributed by atoms with Crippen molar-refractivity contribution in [3.63, 3.8) is 0 Å². The molecule has 0 fully saturated rings. The average Bonchev–Trinajstić information content (AvgIpc) is 1.56. The third kappa shape index (κ3) is 4.09. The third-order valence-corrected chi connectivity index (χ3v) is 1.29. The Morgan fingerprint density at radius 2 is 1.55 bits per heavy atom. The van der Waals surface area contributed by atoms with Gasteiger partial charge in [0, 0.05) is 0 Å². The maximum absolute atomic E-state index is 11.1. The van der Waals surface area contributed by atoms with Crippen LogP contribution in [-0.2, 0) is 14.3 Å². The van der Waals surface area contributed by atoms with E-state index in [-0.39, 0.29) is 0 Å². The Labute approximate surface area is 57.9 Å². The Morgan fingerprint density at radius 1 is 1.18 bits per heavy atom. The molecule has 0 aliphatic rings. The molecule has 0 aliphatic carbocycles. The van der Waals surface area contributed by atoms with Gasteiger partial charge in [0.2, 0.25) is 0 Å². The van der Waals surface area contributed by atoms with Gasteiger partial charge in [-0.2, -0.15) is 21.4 Å². The fourth-order valence-electron chi connectivity index (χ4n) is 0.168. The second-order valence-corrected chi connectivity index (χ2v) is 2.79. The summed E-state index contributed by atoms with van der Waals surface area (Å²) >= 11 is 0. The molecule has 0 bridgehead atoms. The van der Waals surface area contributed by atoms with Crippen LogP contribution in [0.15, 0.2) is 0 Å². The van der Waals surface area contributed by atoms with E-state index >= 15 is 0 Å². The average molecular weight is 200 g/mol. The molecule has 0 N–H and O–H groups in total. The summed E-state index contributed by atoms with van der Waals surface area (Å²) in [5, 5.41) is 0. The van der Waals surface area contributed by atoms with Gasteiger partial charge in [0.25, 0.3) is 0 Å². The Balaban J connectivity index is 4.40. The van der Waals surface area contributed by atoms with E-state index in [0.29, 0.717) is 0 Å². The van der Waals surface area contributed by atoms with Crippen LogP contribution in [0.5, 0.6) is 0 Å². The van der Waals surface area contributed by atoms with Gasteiger partial charge in [0.1, 0.15) is 0 Å². The third-order valence-electron chi connectivity index (χ3n) is 0.429. The molecule has 3 nitrogen and oxygen atoms in total. The van der Waals surface area contributed by atoms with Gasteiger partial charge in [0.15, 0.2) is 0 Å². The molecule has 0 heterocycles. The predicted molar refractivity (Wildman–Crippen MR) is 22.1 cm³/mol. The lowest BCUT2D eigenvalue weighted by atomic mass is 11.4. The topological polar surface area (TPSA) is 43.4 Å². The van der Waals surface area contributed by atoms with Crippen LogP contribution in [0.4, 0.5) is 22.0 Å². The smallest absolute Gasteiger partial charge is 0.193 e. The minimum absolute atomic E-state index is 2.11. The van der Waals surface area contributed by atoms with Crippen molar-refractivity contribution in [3.8, 4) is 0 Å². The van der Waals surface area contributed by atoms with Crippen molar-refractivity contribution in [2.75, 3.05) is 0 Å². The van der Waals surface area contributed by atoms with E-state index in [0.717, 1.165) is 0 Å². The molecule has 68 valence electrons. The lowest BCUT2D eigenvalue weighted by molar-refractivity contribution is -0.273. The second kappa shape index (κ2) is 2.89. The molecule has 0 amide bonds. The summed E-state index contributed by atoms with van der Waals surface area (Å²) in [5.41, 5.74) is 0. The number of rotatable bonds is 2. The van der Waals surface area contributed by atoms with Crippen LogP contribution in [0.25, 0.3) is 0 Å². The van der Waals surface area contributed by atoms with Gasteiger partial charge in [-0.3, -0.25) is 0 Å². The van der Waals surface area contributed by atoms with Gasteiger partial charge in [-0.25, -0.2) is 0 Å². The minimum Gasteiger partial charge on any atom is -0.193 e. The van der Waals surface area contributed by atoms with Crippen molar-refractivity contribution in [1.82, 2.24) is 0 Å². The van der Waals surface area contributed by atoms with Gasteiger partial charge in [-0.1, -0.05) is 0 Å². The van der Waals surface area contributed by atoms with E-state index in [1.807, 2.05) is 0 Å². The normalized spacial score (nSPS) is 14.0. The summed E-state index contributed by atoms with van der Waals surface area (Å²) in [4.78, 5) is 0. The molecule has 0 unspecified atom stereocenters. The monoisotopic (exact) mass is 200 g/mol. The first kappa shape index (κ1) is 10.6. The predicted octanol–water partition coefficient (Wildman–Crippen LogP) is 1.08. The van der Waals surface area contributed by atoms with Crippen molar-refractivity contribution in [1.29, 1.82) is 0 Å². The van der Waals surface area contributed by atoms with Crippen molar-refractivity contribution >= 4 is 10.1 Å². The van der Waals surface area contributed by atoms with E-state index in [2.05, 4.69) is 4.18 Å². The Bertz CT molecular complexity index is 214.